The number of hydrogen-bond acceptors (Lipinski definition) is 3. The number of benzene rings is 3. The van der Waals surface area contributed by atoms with Gasteiger partial charge in [-0.25, -0.2) is 0 Å². The summed E-state index contributed by atoms with van der Waals surface area (Å²) in [5.74, 6) is -0.250. The topological polar surface area (TPSA) is 51.2 Å². The van der Waals surface area contributed by atoms with E-state index in [-0.39, 0.29) is 11.7 Å². The Bertz CT molecular complexity index is 1200. The summed E-state index contributed by atoms with van der Waals surface area (Å²) in [5, 5.41) is 2.84. The quantitative estimate of drug-likeness (QED) is 0.403. The summed E-state index contributed by atoms with van der Waals surface area (Å²) in [5.41, 5.74) is 3.88. The monoisotopic (exact) mass is 416 g/mol. The van der Waals surface area contributed by atoms with E-state index in [0.717, 1.165) is 11.1 Å². The first kappa shape index (κ1) is 20.2. The molecule has 4 aromatic rings. The summed E-state index contributed by atoms with van der Waals surface area (Å²) in [6.07, 6.45) is 3.20. The summed E-state index contributed by atoms with van der Waals surface area (Å²) >= 11 is 0. The van der Waals surface area contributed by atoms with Gasteiger partial charge >= 0.3 is 6.61 Å². The van der Waals surface area contributed by atoms with Crippen molar-refractivity contribution in [3.05, 3.63) is 103 Å². The number of hydrogen-bond donors (Lipinski definition) is 1. The Labute approximate surface area is 178 Å². The number of amides is 1. The van der Waals surface area contributed by atoms with Gasteiger partial charge in [-0.3, -0.25) is 9.78 Å². The highest BCUT2D eigenvalue weighted by Crippen LogP contribution is 2.32. The summed E-state index contributed by atoms with van der Waals surface area (Å²) in [6, 6.07) is 24.9. The maximum Gasteiger partial charge on any atom is 0.387 e. The molecule has 0 fully saturated rings. The third kappa shape index (κ3) is 4.93. The van der Waals surface area contributed by atoms with Crippen LogP contribution in [0.2, 0.25) is 0 Å². The van der Waals surface area contributed by atoms with Gasteiger partial charge in [-0.1, -0.05) is 60.7 Å². The fourth-order valence-corrected chi connectivity index (χ4v) is 3.22. The molecule has 31 heavy (non-hydrogen) atoms. The molecular formula is C25H18F2N2O2. The molecule has 0 bridgehead atoms. The molecule has 154 valence electrons. The minimum absolute atomic E-state index is 0.0701. The summed E-state index contributed by atoms with van der Waals surface area (Å²) in [6.45, 7) is -2.92. The molecule has 0 atom stereocenters. The Morgan fingerprint density at radius 3 is 2.35 bits per heavy atom. The van der Waals surface area contributed by atoms with Gasteiger partial charge in [-0.05, 0) is 35.4 Å². The maximum absolute atomic E-state index is 12.8. The zero-order chi connectivity index (χ0) is 21.6. The van der Waals surface area contributed by atoms with E-state index in [1.54, 1.807) is 54.7 Å². The Kier molecular flexibility index (Phi) is 5.98. The predicted molar refractivity (Wildman–Crippen MR) is 116 cm³/mol. The number of halogens is 2. The SMILES string of the molecule is O=C(Nc1cccc(-c2ccccc2OC(F)F)c1)c1cncc(-c2ccccc2)c1. The smallest absolute Gasteiger partial charge is 0.387 e. The van der Waals surface area contributed by atoms with Crippen molar-refractivity contribution in [1.82, 2.24) is 4.98 Å². The molecule has 3 aromatic carbocycles. The first-order valence-corrected chi connectivity index (χ1v) is 9.56. The van der Waals surface area contributed by atoms with Crippen LogP contribution in [0.3, 0.4) is 0 Å². The number of para-hydroxylation sites is 1. The lowest BCUT2D eigenvalue weighted by Crippen LogP contribution is -2.12. The van der Waals surface area contributed by atoms with Crippen molar-refractivity contribution in [3.8, 4) is 28.0 Å². The molecule has 0 aliphatic rings. The third-order valence-electron chi connectivity index (χ3n) is 4.64. The van der Waals surface area contributed by atoms with Crippen LogP contribution < -0.4 is 10.1 Å². The Morgan fingerprint density at radius 2 is 1.55 bits per heavy atom. The minimum atomic E-state index is -2.92. The molecule has 0 radical (unpaired) electrons. The van der Waals surface area contributed by atoms with Crippen LogP contribution >= 0.6 is 0 Å². The van der Waals surface area contributed by atoms with Crippen LogP contribution in [0.5, 0.6) is 5.75 Å². The van der Waals surface area contributed by atoms with E-state index >= 15 is 0 Å². The van der Waals surface area contributed by atoms with Gasteiger partial charge in [0.1, 0.15) is 5.75 Å². The second kappa shape index (κ2) is 9.17. The first-order valence-electron chi connectivity index (χ1n) is 9.56. The van der Waals surface area contributed by atoms with E-state index in [1.807, 2.05) is 30.3 Å². The van der Waals surface area contributed by atoms with E-state index in [2.05, 4.69) is 15.0 Å². The number of nitrogens with zero attached hydrogens (tertiary/aromatic N) is 1. The van der Waals surface area contributed by atoms with Gasteiger partial charge in [0.05, 0.1) is 5.56 Å². The van der Waals surface area contributed by atoms with E-state index in [1.165, 1.54) is 12.3 Å². The normalized spacial score (nSPS) is 10.7. The fourth-order valence-electron chi connectivity index (χ4n) is 3.22. The summed E-state index contributed by atoms with van der Waals surface area (Å²) in [4.78, 5) is 17.0. The zero-order valence-electron chi connectivity index (χ0n) is 16.3. The van der Waals surface area contributed by atoms with Gasteiger partial charge in [0.15, 0.2) is 0 Å². The van der Waals surface area contributed by atoms with Crippen molar-refractivity contribution >= 4 is 11.6 Å². The Hall–Kier alpha value is -4.06. The van der Waals surface area contributed by atoms with Crippen molar-refractivity contribution in [3.63, 3.8) is 0 Å². The third-order valence-corrected chi connectivity index (χ3v) is 4.64. The van der Waals surface area contributed by atoms with Crippen molar-refractivity contribution in [2.75, 3.05) is 5.32 Å². The number of aromatic nitrogens is 1. The fraction of sp³-hybridized carbons (Fsp3) is 0.0400. The van der Waals surface area contributed by atoms with Gasteiger partial charge in [-0.2, -0.15) is 8.78 Å². The molecule has 1 heterocycles. The highest BCUT2D eigenvalue weighted by atomic mass is 19.3. The molecule has 0 spiro atoms. The second-order valence-corrected chi connectivity index (χ2v) is 6.74. The number of pyridine rings is 1. The lowest BCUT2D eigenvalue weighted by molar-refractivity contribution is -0.0494. The summed E-state index contributed by atoms with van der Waals surface area (Å²) in [7, 11) is 0. The maximum atomic E-state index is 12.8. The van der Waals surface area contributed by atoms with E-state index in [9.17, 15) is 13.6 Å². The molecule has 1 N–H and O–H groups in total. The minimum Gasteiger partial charge on any atom is -0.434 e. The van der Waals surface area contributed by atoms with E-state index in [4.69, 9.17) is 0 Å². The molecule has 0 aliphatic heterocycles. The predicted octanol–water partition coefficient (Wildman–Crippen LogP) is 6.27. The van der Waals surface area contributed by atoms with Gasteiger partial charge < -0.3 is 10.1 Å². The number of rotatable bonds is 6. The molecule has 0 saturated carbocycles. The van der Waals surface area contributed by atoms with Crippen LogP contribution in [0.1, 0.15) is 10.4 Å². The van der Waals surface area contributed by atoms with Crippen LogP contribution in [0.4, 0.5) is 14.5 Å². The molecule has 1 amide bonds. The molecule has 0 saturated heterocycles. The first-order chi connectivity index (χ1) is 15.1. The molecule has 1 aromatic heterocycles. The second-order valence-electron chi connectivity index (χ2n) is 6.74. The number of anilines is 1. The van der Waals surface area contributed by atoms with Crippen LogP contribution in [0.15, 0.2) is 97.3 Å². The van der Waals surface area contributed by atoms with E-state index < -0.39 is 6.61 Å². The molecule has 4 nitrogen and oxygen atoms in total. The Morgan fingerprint density at radius 1 is 0.806 bits per heavy atom. The average Bonchev–Trinajstić information content (AvgIpc) is 2.80. The van der Waals surface area contributed by atoms with Crippen molar-refractivity contribution in [2.24, 2.45) is 0 Å². The molecule has 0 unspecified atom stereocenters. The number of ether oxygens (including phenoxy) is 1. The lowest BCUT2D eigenvalue weighted by atomic mass is 10.0. The van der Waals surface area contributed by atoms with Crippen molar-refractivity contribution in [1.29, 1.82) is 0 Å². The largest absolute Gasteiger partial charge is 0.434 e. The van der Waals surface area contributed by atoms with Crippen molar-refractivity contribution in [2.45, 2.75) is 6.61 Å². The van der Waals surface area contributed by atoms with Gasteiger partial charge in [0, 0.05) is 29.2 Å². The van der Waals surface area contributed by atoms with Crippen LogP contribution in [0, 0.1) is 0 Å². The number of alkyl halides is 2. The van der Waals surface area contributed by atoms with Gasteiger partial charge in [0.2, 0.25) is 0 Å². The van der Waals surface area contributed by atoms with Crippen molar-refractivity contribution < 1.29 is 18.3 Å². The van der Waals surface area contributed by atoms with E-state index in [0.29, 0.717) is 22.4 Å². The zero-order valence-corrected chi connectivity index (χ0v) is 16.3. The van der Waals surface area contributed by atoms with Gasteiger partial charge in [0.25, 0.3) is 5.91 Å². The lowest BCUT2D eigenvalue weighted by Gasteiger charge is -2.12. The highest BCUT2D eigenvalue weighted by Gasteiger charge is 2.13. The molecule has 0 aliphatic carbocycles. The highest BCUT2D eigenvalue weighted by molar-refractivity contribution is 6.05. The molecular weight excluding hydrogens is 398 g/mol. The number of nitrogens with one attached hydrogen (secondary N) is 1. The standard InChI is InChI=1S/C25H18F2N2O2/c26-25(27)31-23-12-5-4-11-22(23)18-9-6-10-21(14-18)29-24(30)20-13-19(15-28-16-20)17-7-2-1-3-8-17/h1-16,25H,(H,29,30). The van der Waals surface area contributed by atoms with Gasteiger partial charge in [-0.15, -0.1) is 0 Å². The average molecular weight is 416 g/mol. The Balaban J connectivity index is 1.57. The van der Waals surface area contributed by atoms with Crippen LogP contribution in [0.25, 0.3) is 22.3 Å². The number of carbonyl (C=O) groups is 1. The van der Waals surface area contributed by atoms with Crippen LogP contribution in [-0.2, 0) is 0 Å². The molecule has 6 heteroatoms. The van der Waals surface area contributed by atoms with Crippen LogP contribution in [-0.4, -0.2) is 17.5 Å². The summed E-state index contributed by atoms with van der Waals surface area (Å²) < 4.78 is 30.1. The molecule has 4 rings (SSSR count). The number of carbonyl (C=O) groups excluding carboxylic acids is 1.